The van der Waals surface area contributed by atoms with Gasteiger partial charge in [-0.15, -0.1) is 0 Å². The summed E-state index contributed by atoms with van der Waals surface area (Å²) in [5, 5.41) is 5.58. The monoisotopic (exact) mass is 379 g/mol. The molecule has 144 valence electrons. The van der Waals surface area contributed by atoms with Crippen LogP contribution in [0.5, 0.6) is 5.75 Å². The summed E-state index contributed by atoms with van der Waals surface area (Å²) in [7, 11) is 0. The number of hydrogen-bond donors (Lipinski definition) is 2. The third kappa shape index (κ3) is 3.69. The third-order valence-electron chi connectivity index (χ3n) is 4.93. The highest BCUT2D eigenvalue weighted by molar-refractivity contribution is 6.05. The minimum atomic E-state index is -0.540. The Hall–Kier alpha value is -3.35. The second kappa shape index (κ2) is 7.34. The van der Waals surface area contributed by atoms with Crippen LogP contribution in [0.3, 0.4) is 0 Å². The number of benzene rings is 2. The van der Waals surface area contributed by atoms with E-state index in [0.717, 1.165) is 18.5 Å². The van der Waals surface area contributed by atoms with Crippen LogP contribution in [0.15, 0.2) is 42.5 Å². The molecular formula is C21H21N3O4. The maximum atomic E-state index is 12.5. The van der Waals surface area contributed by atoms with Gasteiger partial charge in [0, 0.05) is 30.8 Å². The van der Waals surface area contributed by atoms with Crippen LogP contribution < -0.4 is 15.4 Å². The number of carbonyl (C=O) groups excluding carboxylic acids is 3. The molecule has 4 rings (SSSR count). The zero-order valence-corrected chi connectivity index (χ0v) is 15.5. The van der Waals surface area contributed by atoms with Gasteiger partial charge < -0.3 is 20.3 Å². The summed E-state index contributed by atoms with van der Waals surface area (Å²) >= 11 is 0. The van der Waals surface area contributed by atoms with Crippen molar-refractivity contribution in [3.05, 3.63) is 53.6 Å². The molecule has 28 heavy (non-hydrogen) atoms. The van der Waals surface area contributed by atoms with Crippen LogP contribution in [-0.2, 0) is 16.1 Å². The highest BCUT2D eigenvalue weighted by Crippen LogP contribution is 2.32. The van der Waals surface area contributed by atoms with E-state index < -0.39 is 6.10 Å². The number of ether oxygens (including phenoxy) is 1. The van der Waals surface area contributed by atoms with E-state index in [1.165, 1.54) is 0 Å². The van der Waals surface area contributed by atoms with Gasteiger partial charge in [-0.3, -0.25) is 14.4 Å². The minimum Gasteiger partial charge on any atom is -0.479 e. The fourth-order valence-electron chi connectivity index (χ4n) is 3.34. The number of likely N-dealkylation sites (tertiary alicyclic amines) is 1. The summed E-state index contributed by atoms with van der Waals surface area (Å²) in [5.41, 5.74) is 2.61. The molecule has 0 aromatic heterocycles. The average molecular weight is 379 g/mol. The predicted octanol–water partition coefficient (Wildman–Crippen LogP) is 2.78. The van der Waals surface area contributed by atoms with Gasteiger partial charge in [0.25, 0.3) is 11.8 Å². The Morgan fingerprint density at radius 2 is 2.00 bits per heavy atom. The molecule has 3 amide bonds. The largest absolute Gasteiger partial charge is 0.479 e. The summed E-state index contributed by atoms with van der Waals surface area (Å²) in [6.45, 7) is 3.04. The lowest BCUT2D eigenvalue weighted by Crippen LogP contribution is -2.34. The first-order chi connectivity index (χ1) is 13.5. The van der Waals surface area contributed by atoms with E-state index >= 15 is 0 Å². The maximum absolute atomic E-state index is 12.5. The molecule has 2 aliphatic heterocycles. The normalized spacial score (nSPS) is 18.3. The van der Waals surface area contributed by atoms with Crippen molar-refractivity contribution in [3.8, 4) is 5.75 Å². The van der Waals surface area contributed by atoms with Crippen LogP contribution in [0, 0.1) is 0 Å². The number of nitrogens with one attached hydrogen (secondary N) is 2. The molecule has 2 aromatic rings. The molecule has 1 saturated heterocycles. The summed E-state index contributed by atoms with van der Waals surface area (Å²) < 4.78 is 5.51. The predicted molar refractivity (Wildman–Crippen MR) is 104 cm³/mol. The number of nitrogens with zero attached hydrogens (tertiary/aromatic N) is 1. The molecule has 0 radical (unpaired) electrons. The lowest BCUT2D eigenvalue weighted by Gasteiger charge is -2.23. The van der Waals surface area contributed by atoms with Gasteiger partial charge in [0.2, 0.25) is 5.91 Å². The fourth-order valence-corrected chi connectivity index (χ4v) is 3.34. The van der Waals surface area contributed by atoms with Crippen molar-refractivity contribution in [2.24, 2.45) is 0 Å². The van der Waals surface area contributed by atoms with Crippen molar-refractivity contribution < 1.29 is 19.1 Å². The number of hydrogen-bond acceptors (Lipinski definition) is 4. The van der Waals surface area contributed by atoms with Crippen LogP contribution in [0.4, 0.5) is 11.4 Å². The Labute approximate surface area is 162 Å². The SMILES string of the molecule is C[C@H]1Oc2ccc(NC(=O)c3ccc(CN4CCCC4=O)cc3)cc2NC1=O. The summed E-state index contributed by atoms with van der Waals surface area (Å²) in [4.78, 5) is 37.8. The smallest absolute Gasteiger partial charge is 0.265 e. The van der Waals surface area contributed by atoms with Crippen LogP contribution in [-0.4, -0.2) is 35.3 Å². The van der Waals surface area contributed by atoms with Gasteiger partial charge in [0.1, 0.15) is 5.75 Å². The second-order valence-electron chi connectivity index (χ2n) is 7.03. The molecule has 7 nitrogen and oxygen atoms in total. The van der Waals surface area contributed by atoms with Crippen molar-refractivity contribution in [1.29, 1.82) is 0 Å². The average Bonchev–Trinajstić information content (AvgIpc) is 3.08. The van der Waals surface area contributed by atoms with Gasteiger partial charge in [-0.2, -0.15) is 0 Å². The van der Waals surface area contributed by atoms with Gasteiger partial charge in [-0.25, -0.2) is 0 Å². The van der Waals surface area contributed by atoms with E-state index in [1.54, 1.807) is 37.3 Å². The number of fused-ring (bicyclic) bond motifs is 1. The quantitative estimate of drug-likeness (QED) is 0.855. The molecule has 0 bridgehead atoms. The van der Waals surface area contributed by atoms with Gasteiger partial charge in [-0.1, -0.05) is 12.1 Å². The van der Waals surface area contributed by atoms with Gasteiger partial charge in [0.15, 0.2) is 6.10 Å². The third-order valence-corrected chi connectivity index (χ3v) is 4.93. The highest BCUT2D eigenvalue weighted by Gasteiger charge is 2.24. The minimum absolute atomic E-state index is 0.180. The Bertz CT molecular complexity index is 939. The van der Waals surface area contributed by atoms with Crippen LogP contribution in [0.25, 0.3) is 0 Å². The molecule has 1 atom stereocenters. The molecule has 1 fully saturated rings. The number of carbonyl (C=O) groups is 3. The summed E-state index contributed by atoms with van der Waals surface area (Å²) in [6.07, 6.45) is 0.984. The van der Waals surface area contributed by atoms with E-state index in [4.69, 9.17) is 4.74 Å². The van der Waals surface area contributed by atoms with E-state index in [0.29, 0.717) is 35.7 Å². The number of anilines is 2. The van der Waals surface area contributed by atoms with Crippen molar-refractivity contribution in [2.45, 2.75) is 32.4 Å². The Balaban J connectivity index is 1.42. The van der Waals surface area contributed by atoms with Crippen LogP contribution in [0.1, 0.15) is 35.7 Å². The molecule has 0 unspecified atom stereocenters. The lowest BCUT2D eigenvalue weighted by molar-refractivity contribution is -0.128. The van der Waals surface area contributed by atoms with Crippen LogP contribution in [0.2, 0.25) is 0 Å². The van der Waals surface area contributed by atoms with Gasteiger partial charge >= 0.3 is 0 Å². The first-order valence-corrected chi connectivity index (χ1v) is 9.29. The molecule has 2 aliphatic rings. The Morgan fingerprint density at radius 1 is 1.21 bits per heavy atom. The molecule has 0 saturated carbocycles. The molecule has 2 heterocycles. The Kier molecular flexibility index (Phi) is 4.73. The first-order valence-electron chi connectivity index (χ1n) is 9.29. The summed E-state index contributed by atoms with van der Waals surface area (Å²) in [6, 6.07) is 12.3. The zero-order chi connectivity index (χ0) is 19.7. The molecular weight excluding hydrogens is 358 g/mol. The molecule has 7 heteroatoms. The fraction of sp³-hybridized carbons (Fsp3) is 0.286. The molecule has 2 aromatic carbocycles. The van der Waals surface area contributed by atoms with Gasteiger partial charge in [0.05, 0.1) is 5.69 Å². The first kappa shape index (κ1) is 18.0. The molecule has 0 aliphatic carbocycles. The zero-order valence-electron chi connectivity index (χ0n) is 15.5. The van der Waals surface area contributed by atoms with Crippen LogP contribution >= 0.6 is 0 Å². The van der Waals surface area contributed by atoms with Crippen molar-refractivity contribution >= 4 is 29.1 Å². The highest BCUT2D eigenvalue weighted by atomic mass is 16.5. The maximum Gasteiger partial charge on any atom is 0.265 e. The van der Waals surface area contributed by atoms with E-state index in [-0.39, 0.29) is 17.7 Å². The standard InChI is InChI=1S/C21H21N3O4/c1-13-20(26)23-17-11-16(8-9-18(17)28-13)22-21(27)15-6-4-14(5-7-15)12-24-10-2-3-19(24)25/h4-9,11,13H,2-3,10,12H2,1H3,(H,22,27)(H,23,26)/t13-/m1/s1. The molecule has 0 spiro atoms. The number of rotatable bonds is 4. The van der Waals surface area contributed by atoms with E-state index in [1.807, 2.05) is 17.0 Å². The van der Waals surface area contributed by atoms with Crippen molar-refractivity contribution in [2.75, 3.05) is 17.2 Å². The number of amides is 3. The topological polar surface area (TPSA) is 87.7 Å². The second-order valence-corrected chi connectivity index (χ2v) is 7.03. The molecule has 2 N–H and O–H groups in total. The van der Waals surface area contributed by atoms with Gasteiger partial charge in [-0.05, 0) is 49.2 Å². The van der Waals surface area contributed by atoms with Crippen molar-refractivity contribution in [1.82, 2.24) is 4.90 Å². The van der Waals surface area contributed by atoms with E-state index in [2.05, 4.69) is 10.6 Å². The Morgan fingerprint density at radius 3 is 2.71 bits per heavy atom. The van der Waals surface area contributed by atoms with E-state index in [9.17, 15) is 14.4 Å². The summed E-state index contributed by atoms with van der Waals surface area (Å²) in [5.74, 6) is 0.286. The lowest BCUT2D eigenvalue weighted by atomic mass is 10.1. The van der Waals surface area contributed by atoms with Crippen molar-refractivity contribution in [3.63, 3.8) is 0 Å².